The summed E-state index contributed by atoms with van der Waals surface area (Å²) in [5.74, 6) is 0. The zero-order valence-electron chi connectivity index (χ0n) is 20.8. The average molecular weight is 594 g/mol. The van der Waals surface area contributed by atoms with Crippen LogP contribution in [-0.2, 0) is 26.9 Å². The van der Waals surface area contributed by atoms with E-state index in [0.717, 1.165) is 0 Å². The van der Waals surface area contributed by atoms with Gasteiger partial charge in [0.2, 0.25) is 10.0 Å². The Bertz CT molecular complexity index is 1860. The lowest BCUT2D eigenvalue weighted by Crippen LogP contribution is -2.35. The lowest BCUT2D eigenvalue weighted by Gasteiger charge is -2.13. The largest absolute Gasteiger partial charge is 0.291 e. The number of aryl methyl sites for hydroxylation is 1. The minimum Gasteiger partial charge on any atom is -0.267 e. The summed E-state index contributed by atoms with van der Waals surface area (Å²) in [5, 5.41) is 20.3. The van der Waals surface area contributed by atoms with Gasteiger partial charge in [-0.3, -0.25) is 9.67 Å². The molecule has 16 heteroatoms. The Labute approximate surface area is 226 Å². The fourth-order valence-electron chi connectivity index (χ4n) is 3.98. The van der Waals surface area contributed by atoms with E-state index in [9.17, 15) is 30.9 Å². The first-order valence-electron chi connectivity index (χ1n) is 11.6. The summed E-state index contributed by atoms with van der Waals surface area (Å²) in [6.45, 7) is 3.10. The second kappa shape index (κ2) is 9.37. The molecule has 0 radical (unpaired) electrons. The van der Waals surface area contributed by atoms with Crippen LogP contribution in [0.3, 0.4) is 0 Å². The molecule has 1 aromatic carbocycles. The normalized spacial score (nSPS) is 15.2. The summed E-state index contributed by atoms with van der Waals surface area (Å²) in [6.07, 6.45) is -0.913. The predicted molar refractivity (Wildman–Crippen MR) is 138 cm³/mol. The maximum Gasteiger partial charge on any atom is 0.291 e. The highest BCUT2D eigenvalue weighted by Crippen LogP contribution is 2.40. The van der Waals surface area contributed by atoms with Gasteiger partial charge >= 0.3 is 0 Å². The van der Waals surface area contributed by atoms with Crippen molar-refractivity contribution in [3.63, 3.8) is 0 Å². The second-order valence-electron chi connectivity index (χ2n) is 9.36. The Morgan fingerprint density at radius 2 is 1.85 bits per heavy atom. The van der Waals surface area contributed by atoms with Gasteiger partial charge in [-0.2, -0.15) is 15.1 Å². The molecule has 39 heavy (non-hydrogen) atoms. The Balaban J connectivity index is 1.74. The summed E-state index contributed by atoms with van der Waals surface area (Å²) in [7, 11) is -6.23. The molecular formula is C23H21F2N7O4S3. The summed E-state index contributed by atoms with van der Waals surface area (Å²) in [5.41, 5.74) is -0.103. The van der Waals surface area contributed by atoms with Gasteiger partial charge in [0.25, 0.3) is 6.43 Å². The van der Waals surface area contributed by atoms with Gasteiger partial charge in [0.1, 0.15) is 11.2 Å². The predicted octanol–water partition coefficient (Wildman–Crippen LogP) is 3.61. The monoisotopic (exact) mass is 593 g/mol. The lowest BCUT2D eigenvalue weighted by atomic mass is 10.1. The van der Waals surface area contributed by atoms with Gasteiger partial charge in [0.15, 0.2) is 19.9 Å². The van der Waals surface area contributed by atoms with E-state index in [-0.39, 0.29) is 31.6 Å². The number of benzene rings is 1. The molecule has 0 bridgehead atoms. The number of aromatic nitrogens is 5. The van der Waals surface area contributed by atoms with Crippen LogP contribution in [-0.4, -0.2) is 52.6 Å². The maximum atomic E-state index is 13.4. The van der Waals surface area contributed by atoms with Crippen molar-refractivity contribution in [3.05, 3.63) is 35.5 Å². The number of nitrogens with zero attached hydrogens (tertiary/aromatic N) is 6. The molecule has 0 atom stereocenters. The fourth-order valence-corrected chi connectivity index (χ4v) is 7.10. The molecule has 11 nitrogen and oxygen atoms in total. The number of sulfonamides is 1. The minimum atomic E-state index is -4.22. The third kappa shape index (κ3) is 4.80. The molecule has 0 spiro atoms. The zero-order valence-corrected chi connectivity index (χ0v) is 23.2. The van der Waals surface area contributed by atoms with Gasteiger partial charge < -0.3 is 0 Å². The smallest absolute Gasteiger partial charge is 0.267 e. The van der Waals surface area contributed by atoms with Gasteiger partial charge in [0.05, 0.1) is 32.3 Å². The van der Waals surface area contributed by atoms with E-state index in [1.165, 1.54) is 35.1 Å². The van der Waals surface area contributed by atoms with Gasteiger partial charge in [-0.05, 0) is 51.0 Å². The topological polar surface area (TPSA) is 161 Å². The first-order chi connectivity index (χ1) is 18.3. The number of halogens is 2. The highest BCUT2D eigenvalue weighted by Gasteiger charge is 2.47. The number of nitriles is 1. The highest BCUT2D eigenvalue weighted by atomic mass is 32.2. The Kier molecular flexibility index (Phi) is 6.53. The van der Waals surface area contributed by atoms with E-state index in [1.807, 2.05) is 6.07 Å². The minimum absolute atomic E-state index is 0.00622. The average Bonchev–Trinajstić information content (AvgIpc) is 3.31. The third-order valence-electron chi connectivity index (χ3n) is 6.31. The summed E-state index contributed by atoms with van der Waals surface area (Å²) in [6, 6.07) is 7.51. The zero-order chi connectivity index (χ0) is 28.3. The van der Waals surface area contributed by atoms with Crippen molar-refractivity contribution < 1.29 is 25.6 Å². The van der Waals surface area contributed by atoms with Crippen molar-refractivity contribution in [1.29, 1.82) is 5.26 Å². The van der Waals surface area contributed by atoms with Gasteiger partial charge in [-0.1, -0.05) is 11.3 Å². The molecule has 204 valence electrons. The molecule has 0 amide bonds. The third-order valence-corrected chi connectivity index (χ3v) is 10.9. The molecule has 1 fully saturated rings. The van der Waals surface area contributed by atoms with Gasteiger partial charge in [-0.25, -0.2) is 25.6 Å². The van der Waals surface area contributed by atoms with E-state index in [4.69, 9.17) is 0 Å². The molecule has 1 aliphatic rings. The van der Waals surface area contributed by atoms with Crippen molar-refractivity contribution in [1.82, 2.24) is 29.7 Å². The molecule has 5 rings (SSSR count). The van der Waals surface area contributed by atoms with Crippen LogP contribution in [0.1, 0.15) is 38.1 Å². The van der Waals surface area contributed by atoms with E-state index in [1.54, 1.807) is 20.9 Å². The Morgan fingerprint density at radius 1 is 1.13 bits per heavy atom. The van der Waals surface area contributed by atoms with Crippen molar-refractivity contribution in [2.24, 2.45) is 7.05 Å². The maximum absolute atomic E-state index is 13.4. The van der Waals surface area contributed by atoms with Gasteiger partial charge in [-0.15, -0.1) is 10.2 Å². The van der Waals surface area contributed by atoms with Crippen LogP contribution in [0.15, 0.2) is 40.3 Å². The molecule has 0 unspecified atom stereocenters. The summed E-state index contributed by atoms with van der Waals surface area (Å²) >= 11 is 0.630. The van der Waals surface area contributed by atoms with E-state index in [2.05, 4.69) is 25.0 Å². The van der Waals surface area contributed by atoms with Crippen LogP contribution in [0.5, 0.6) is 0 Å². The molecule has 3 aromatic heterocycles. The molecular weight excluding hydrogens is 572 g/mol. The number of sulfone groups is 1. The van der Waals surface area contributed by atoms with Crippen molar-refractivity contribution in [2.45, 2.75) is 53.7 Å². The molecule has 1 saturated carbocycles. The SMILES string of the molecule is CC(C)S(=O)(=O)c1ccc(-c2cc(S(=O)(=O)NC3(C#N)CC3)cc3c(-c4nnc(C(F)F)s4)nn(C)c23)nc1. The Morgan fingerprint density at radius 3 is 2.38 bits per heavy atom. The molecule has 4 aromatic rings. The fraction of sp³-hybridized carbons (Fsp3) is 0.348. The first kappa shape index (κ1) is 27.2. The highest BCUT2D eigenvalue weighted by molar-refractivity contribution is 7.92. The van der Waals surface area contributed by atoms with Gasteiger partial charge in [0, 0.05) is 24.2 Å². The van der Waals surface area contributed by atoms with Crippen molar-refractivity contribution in [2.75, 3.05) is 0 Å². The van der Waals surface area contributed by atoms with Crippen LogP contribution >= 0.6 is 11.3 Å². The van der Waals surface area contributed by atoms with Crippen molar-refractivity contribution >= 4 is 42.1 Å². The number of pyridine rings is 1. The van der Waals surface area contributed by atoms with Crippen LogP contribution < -0.4 is 4.72 Å². The number of hydrogen-bond donors (Lipinski definition) is 1. The molecule has 1 aliphatic carbocycles. The quantitative estimate of drug-likeness (QED) is 0.322. The van der Waals surface area contributed by atoms with Crippen LogP contribution in [0, 0.1) is 11.3 Å². The standard InChI is InChI=1S/C23H21F2N7O4S3/c1-12(2)38(33,34)13-4-5-17(27-10-13)15-8-14(39(35,36)31-23(11-26)6-7-23)9-16-18(30-32(3)19(15)16)21-28-29-22(37-21)20(24)25/h4-5,8-10,12,20,31H,6-7H2,1-3H3. The summed E-state index contributed by atoms with van der Waals surface area (Å²) in [4.78, 5) is 4.11. The molecule has 0 saturated heterocycles. The number of nitrogens with one attached hydrogen (secondary N) is 1. The van der Waals surface area contributed by atoms with E-state index in [0.29, 0.717) is 35.3 Å². The molecule has 3 heterocycles. The number of alkyl halides is 2. The van der Waals surface area contributed by atoms with Crippen LogP contribution in [0.25, 0.3) is 32.9 Å². The van der Waals surface area contributed by atoms with Crippen molar-refractivity contribution in [3.8, 4) is 28.0 Å². The first-order valence-corrected chi connectivity index (χ1v) is 15.4. The Hall–Kier alpha value is -3.39. The lowest BCUT2D eigenvalue weighted by molar-refractivity contribution is 0.150. The number of fused-ring (bicyclic) bond motifs is 1. The van der Waals surface area contributed by atoms with E-state index >= 15 is 0 Å². The second-order valence-corrected chi connectivity index (χ2v) is 14.6. The summed E-state index contributed by atoms with van der Waals surface area (Å²) < 4.78 is 82.2. The van der Waals surface area contributed by atoms with E-state index < -0.39 is 42.1 Å². The number of hydrogen-bond acceptors (Lipinski definition) is 10. The number of rotatable bonds is 8. The van der Waals surface area contributed by atoms with Crippen LogP contribution in [0.4, 0.5) is 8.78 Å². The molecule has 1 N–H and O–H groups in total. The molecule has 0 aliphatic heterocycles. The van der Waals surface area contributed by atoms with Crippen LogP contribution in [0.2, 0.25) is 0 Å².